The standard InChI is InChI=1S/C22H29N3S/c1-18(7-8-19-9-11-22(12-10-19)25(2)26-3)17-24-14-13-20-5-4-6-21(15-20)16-23/h4-6,9-12,15,18,24H,7-8,13-14,17H2,1-3H3. The molecule has 2 aromatic rings. The molecule has 0 saturated heterocycles. The highest BCUT2D eigenvalue weighted by Gasteiger charge is 2.04. The Morgan fingerprint density at radius 3 is 2.58 bits per heavy atom. The number of nitrogens with zero attached hydrogens (tertiary/aromatic N) is 2. The number of hydrogen-bond donors (Lipinski definition) is 1. The molecule has 0 saturated carbocycles. The topological polar surface area (TPSA) is 39.1 Å². The van der Waals surface area contributed by atoms with Crippen LogP contribution >= 0.6 is 11.9 Å². The molecular weight excluding hydrogens is 338 g/mol. The van der Waals surface area contributed by atoms with E-state index in [1.807, 2.05) is 18.2 Å². The highest BCUT2D eigenvalue weighted by molar-refractivity contribution is 7.99. The van der Waals surface area contributed by atoms with Gasteiger partial charge in [-0.05, 0) is 73.7 Å². The van der Waals surface area contributed by atoms with Crippen LogP contribution < -0.4 is 9.62 Å². The van der Waals surface area contributed by atoms with Crippen LogP contribution in [0.3, 0.4) is 0 Å². The van der Waals surface area contributed by atoms with Crippen LogP contribution in [0, 0.1) is 17.2 Å². The Bertz CT molecular complexity index is 706. The Balaban J connectivity index is 1.65. The predicted molar refractivity (Wildman–Crippen MR) is 114 cm³/mol. The van der Waals surface area contributed by atoms with Crippen molar-refractivity contribution in [3.63, 3.8) is 0 Å². The molecule has 1 unspecified atom stereocenters. The van der Waals surface area contributed by atoms with E-state index in [0.29, 0.717) is 5.92 Å². The lowest BCUT2D eigenvalue weighted by atomic mass is 10.0. The van der Waals surface area contributed by atoms with Gasteiger partial charge >= 0.3 is 0 Å². The highest BCUT2D eigenvalue weighted by atomic mass is 32.2. The Kier molecular flexibility index (Phi) is 8.53. The van der Waals surface area contributed by atoms with E-state index in [1.54, 1.807) is 11.9 Å². The van der Waals surface area contributed by atoms with Gasteiger partial charge < -0.3 is 9.62 Å². The summed E-state index contributed by atoms with van der Waals surface area (Å²) in [5.74, 6) is 0.647. The van der Waals surface area contributed by atoms with Crippen LogP contribution in [-0.2, 0) is 12.8 Å². The molecule has 0 aromatic heterocycles. The molecule has 1 atom stereocenters. The van der Waals surface area contributed by atoms with Gasteiger partial charge in [0.25, 0.3) is 0 Å². The van der Waals surface area contributed by atoms with Gasteiger partial charge in [-0.25, -0.2) is 0 Å². The molecule has 0 aliphatic heterocycles. The molecule has 0 amide bonds. The van der Waals surface area contributed by atoms with Crippen molar-refractivity contribution in [3.8, 4) is 6.07 Å². The third-order valence-electron chi connectivity index (χ3n) is 4.64. The van der Waals surface area contributed by atoms with Crippen LogP contribution in [0.2, 0.25) is 0 Å². The second-order valence-corrected chi connectivity index (χ2v) is 7.67. The number of hydrogen-bond acceptors (Lipinski definition) is 4. The molecule has 1 N–H and O–H groups in total. The molecule has 0 fully saturated rings. The van der Waals surface area contributed by atoms with Gasteiger partial charge in [-0.15, -0.1) is 0 Å². The molecule has 26 heavy (non-hydrogen) atoms. The highest BCUT2D eigenvalue weighted by Crippen LogP contribution is 2.20. The van der Waals surface area contributed by atoms with Crippen molar-refractivity contribution in [1.82, 2.24) is 5.32 Å². The number of nitrogens with one attached hydrogen (secondary N) is 1. The fourth-order valence-corrected chi connectivity index (χ4v) is 3.20. The lowest BCUT2D eigenvalue weighted by molar-refractivity contribution is 0.483. The predicted octanol–water partition coefficient (Wildman–Crippen LogP) is 4.67. The molecule has 0 bridgehead atoms. The summed E-state index contributed by atoms with van der Waals surface area (Å²) >= 11 is 1.72. The summed E-state index contributed by atoms with van der Waals surface area (Å²) in [5.41, 5.74) is 4.62. The van der Waals surface area contributed by atoms with Crippen molar-refractivity contribution < 1.29 is 0 Å². The molecule has 0 aliphatic rings. The lowest BCUT2D eigenvalue weighted by Crippen LogP contribution is -2.23. The zero-order valence-corrected chi connectivity index (χ0v) is 16.9. The monoisotopic (exact) mass is 367 g/mol. The third kappa shape index (κ3) is 6.74. The Morgan fingerprint density at radius 2 is 1.88 bits per heavy atom. The maximum Gasteiger partial charge on any atom is 0.0991 e. The van der Waals surface area contributed by atoms with Crippen molar-refractivity contribution in [2.45, 2.75) is 26.2 Å². The fraction of sp³-hybridized carbons (Fsp3) is 0.409. The minimum atomic E-state index is 0.647. The molecular formula is C22H29N3S. The quantitative estimate of drug-likeness (QED) is 0.489. The van der Waals surface area contributed by atoms with Gasteiger partial charge in [0, 0.05) is 19.0 Å². The number of anilines is 1. The van der Waals surface area contributed by atoms with Crippen LogP contribution in [-0.4, -0.2) is 26.4 Å². The van der Waals surface area contributed by atoms with E-state index in [1.165, 1.54) is 23.2 Å². The zero-order valence-electron chi connectivity index (χ0n) is 16.0. The maximum absolute atomic E-state index is 8.95. The maximum atomic E-state index is 8.95. The second kappa shape index (κ2) is 10.9. The van der Waals surface area contributed by atoms with E-state index in [9.17, 15) is 0 Å². The summed E-state index contributed by atoms with van der Waals surface area (Å²) in [6, 6.07) is 18.9. The van der Waals surface area contributed by atoms with E-state index in [4.69, 9.17) is 5.26 Å². The van der Waals surface area contributed by atoms with E-state index in [0.717, 1.165) is 31.5 Å². The van der Waals surface area contributed by atoms with Crippen molar-refractivity contribution in [2.24, 2.45) is 5.92 Å². The normalized spacial score (nSPS) is 11.8. The third-order valence-corrected chi connectivity index (χ3v) is 5.40. The van der Waals surface area contributed by atoms with Gasteiger partial charge in [0.1, 0.15) is 0 Å². The van der Waals surface area contributed by atoms with Crippen molar-refractivity contribution in [2.75, 3.05) is 30.7 Å². The lowest BCUT2D eigenvalue weighted by Gasteiger charge is -2.16. The first-order valence-electron chi connectivity index (χ1n) is 9.19. The smallest absolute Gasteiger partial charge is 0.0991 e. The van der Waals surface area contributed by atoms with Gasteiger partial charge in [0.05, 0.1) is 11.6 Å². The Morgan fingerprint density at radius 1 is 1.12 bits per heavy atom. The minimum absolute atomic E-state index is 0.647. The summed E-state index contributed by atoms with van der Waals surface area (Å²) < 4.78 is 2.17. The van der Waals surface area contributed by atoms with Crippen LogP contribution in [0.25, 0.3) is 0 Å². The van der Waals surface area contributed by atoms with Gasteiger partial charge in [-0.1, -0.05) is 43.1 Å². The van der Waals surface area contributed by atoms with E-state index < -0.39 is 0 Å². The molecule has 138 valence electrons. The van der Waals surface area contributed by atoms with E-state index in [2.05, 4.69) is 66.3 Å². The number of aryl methyl sites for hydroxylation is 1. The first-order valence-corrected chi connectivity index (χ1v) is 10.4. The van der Waals surface area contributed by atoms with E-state index >= 15 is 0 Å². The molecule has 4 heteroatoms. The first-order chi connectivity index (χ1) is 12.6. The average Bonchev–Trinajstić information content (AvgIpc) is 2.69. The minimum Gasteiger partial charge on any atom is -0.320 e. The van der Waals surface area contributed by atoms with Crippen LogP contribution in [0.15, 0.2) is 48.5 Å². The Hall–Kier alpha value is -1.96. The molecule has 0 radical (unpaired) electrons. The van der Waals surface area contributed by atoms with Crippen molar-refractivity contribution >= 4 is 17.6 Å². The first kappa shape index (κ1) is 20.4. The van der Waals surface area contributed by atoms with Crippen LogP contribution in [0.4, 0.5) is 5.69 Å². The summed E-state index contributed by atoms with van der Waals surface area (Å²) in [6.45, 7) is 4.29. The van der Waals surface area contributed by atoms with Gasteiger partial charge in [0.2, 0.25) is 0 Å². The van der Waals surface area contributed by atoms with Crippen molar-refractivity contribution in [1.29, 1.82) is 5.26 Å². The summed E-state index contributed by atoms with van der Waals surface area (Å²) in [6.07, 6.45) is 5.36. The summed E-state index contributed by atoms with van der Waals surface area (Å²) in [7, 11) is 2.09. The Labute approximate surface area is 162 Å². The number of rotatable bonds is 10. The largest absolute Gasteiger partial charge is 0.320 e. The molecule has 0 spiro atoms. The van der Waals surface area contributed by atoms with Crippen LogP contribution in [0.5, 0.6) is 0 Å². The number of nitriles is 1. The van der Waals surface area contributed by atoms with Gasteiger partial charge in [-0.2, -0.15) is 5.26 Å². The van der Waals surface area contributed by atoms with Crippen molar-refractivity contribution in [3.05, 3.63) is 65.2 Å². The summed E-state index contributed by atoms with van der Waals surface area (Å²) in [4.78, 5) is 0. The van der Waals surface area contributed by atoms with Gasteiger partial charge in [-0.3, -0.25) is 0 Å². The van der Waals surface area contributed by atoms with Gasteiger partial charge in [0.15, 0.2) is 0 Å². The molecule has 0 heterocycles. The SMILES string of the molecule is CSN(C)c1ccc(CCC(C)CNCCc2cccc(C#N)c2)cc1. The van der Waals surface area contributed by atoms with E-state index in [-0.39, 0.29) is 0 Å². The second-order valence-electron chi connectivity index (χ2n) is 6.76. The zero-order chi connectivity index (χ0) is 18.8. The molecule has 3 nitrogen and oxygen atoms in total. The fourth-order valence-electron chi connectivity index (χ4n) is 2.87. The number of benzene rings is 2. The van der Waals surface area contributed by atoms with Crippen LogP contribution in [0.1, 0.15) is 30.0 Å². The average molecular weight is 368 g/mol. The molecule has 2 aromatic carbocycles. The summed E-state index contributed by atoms with van der Waals surface area (Å²) in [5, 5.41) is 12.5. The molecule has 2 rings (SSSR count). The molecule has 0 aliphatic carbocycles.